The van der Waals surface area contributed by atoms with Crippen LogP contribution in [0.3, 0.4) is 0 Å². The quantitative estimate of drug-likeness (QED) is 0.614. The first-order chi connectivity index (χ1) is 8.86. The highest BCUT2D eigenvalue weighted by molar-refractivity contribution is 6.07. The lowest BCUT2D eigenvalue weighted by Crippen LogP contribution is -2.32. The molecule has 100 valence electrons. The lowest BCUT2D eigenvalue weighted by atomic mass is 9.70. The standard InChI is InChI=1S/C17H21NO/c1-16(2)14-8-9-17(16,3)15(19)13(14)10-11-4-6-12(18)7-5-11/h4-7,10,14H,8-9,18H2,1-3H3. The molecule has 2 unspecified atom stereocenters. The minimum atomic E-state index is -0.169. The van der Waals surface area contributed by atoms with Gasteiger partial charge in [0.15, 0.2) is 5.78 Å². The van der Waals surface area contributed by atoms with Gasteiger partial charge in [-0.2, -0.15) is 0 Å². The Bertz CT molecular complexity index is 567. The van der Waals surface area contributed by atoms with Crippen LogP contribution in [-0.4, -0.2) is 5.78 Å². The molecule has 1 aromatic carbocycles. The van der Waals surface area contributed by atoms with E-state index >= 15 is 0 Å². The summed E-state index contributed by atoms with van der Waals surface area (Å²) in [5, 5.41) is 0. The van der Waals surface area contributed by atoms with E-state index in [0.717, 1.165) is 29.7 Å². The van der Waals surface area contributed by atoms with Gasteiger partial charge in [0.1, 0.15) is 0 Å². The molecule has 2 nitrogen and oxygen atoms in total. The number of benzene rings is 1. The predicted octanol–water partition coefficient (Wildman–Crippen LogP) is 3.68. The van der Waals surface area contributed by atoms with Crippen LogP contribution < -0.4 is 5.73 Å². The maximum absolute atomic E-state index is 12.7. The summed E-state index contributed by atoms with van der Waals surface area (Å²) in [6.45, 7) is 6.62. The summed E-state index contributed by atoms with van der Waals surface area (Å²) in [4.78, 5) is 12.7. The van der Waals surface area contributed by atoms with Crippen molar-refractivity contribution >= 4 is 17.5 Å². The number of allylic oxidation sites excluding steroid dienone is 1. The van der Waals surface area contributed by atoms with Crippen molar-refractivity contribution in [3.63, 3.8) is 0 Å². The first-order valence-electron chi connectivity index (χ1n) is 6.98. The zero-order chi connectivity index (χ0) is 13.8. The van der Waals surface area contributed by atoms with Crippen molar-refractivity contribution in [2.45, 2.75) is 33.6 Å². The number of carbonyl (C=O) groups excluding carboxylic acids is 1. The molecular formula is C17H21NO. The Kier molecular flexibility index (Phi) is 2.44. The molecule has 2 bridgehead atoms. The van der Waals surface area contributed by atoms with Gasteiger partial charge in [-0.3, -0.25) is 4.79 Å². The molecule has 0 radical (unpaired) electrons. The maximum Gasteiger partial charge on any atom is 0.165 e. The van der Waals surface area contributed by atoms with Crippen molar-refractivity contribution in [2.24, 2.45) is 16.7 Å². The van der Waals surface area contributed by atoms with Crippen LogP contribution >= 0.6 is 0 Å². The number of rotatable bonds is 1. The number of Topliss-reactive ketones (excluding diaryl/α,β-unsaturated/α-hetero) is 1. The topological polar surface area (TPSA) is 43.1 Å². The minimum absolute atomic E-state index is 0.0870. The number of hydrogen-bond donors (Lipinski definition) is 1. The third-order valence-corrected chi connectivity index (χ3v) is 5.62. The molecule has 0 aromatic heterocycles. The molecule has 0 saturated heterocycles. The van der Waals surface area contributed by atoms with Crippen molar-refractivity contribution < 1.29 is 4.79 Å². The molecule has 3 rings (SSSR count). The van der Waals surface area contributed by atoms with E-state index < -0.39 is 0 Å². The smallest absolute Gasteiger partial charge is 0.165 e. The van der Waals surface area contributed by atoms with Crippen LogP contribution in [0.2, 0.25) is 0 Å². The van der Waals surface area contributed by atoms with Gasteiger partial charge >= 0.3 is 0 Å². The van der Waals surface area contributed by atoms with E-state index in [1.54, 1.807) is 0 Å². The van der Waals surface area contributed by atoms with Crippen molar-refractivity contribution in [3.8, 4) is 0 Å². The van der Waals surface area contributed by atoms with Crippen LogP contribution in [0.15, 0.2) is 29.8 Å². The summed E-state index contributed by atoms with van der Waals surface area (Å²) in [7, 11) is 0. The molecular weight excluding hydrogens is 234 g/mol. The van der Waals surface area contributed by atoms with Crippen molar-refractivity contribution in [1.29, 1.82) is 0 Å². The minimum Gasteiger partial charge on any atom is -0.399 e. The number of ketones is 1. The second-order valence-electron chi connectivity index (χ2n) is 6.74. The number of nitrogens with two attached hydrogens (primary N) is 1. The van der Waals surface area contributed by atoms with Gasteiger partial charge < -0.3 is 5.73 Å². The van der Waals surface area contributed by atoms with Gasteiger partial charge in [-0.15, -0.1) is 0 Å². The average molecular weight is 255 g/mol. The van der Waals surface area contributed by atoms with Gasteiger partial charge in [-0.05, 0) is 53.5 Å². The van der Waals surface area contributed by atoms with Gasteiger partial charge in [0.25, 0.3) is 0 Å². The van der Waals surface area contributed by atoms with Crippen LogP contribution in [-0.2, 0) is 4.79 Å². The molecule has 2 saturated carbocycles. The summed E-state index contributed by atoms with van der Waals surface area (Å²) in [6.07, 6.45) is 4.23. The van der Waals surface area contributed by atoms with Crippen LogP contribution in [0.1, 0.15) is 39.2 Å². The molecule has 0 amide bonds. The Morgan fingerprint density at radius 3 is 2.37 bits per heavy atom. The van der Waals surface area contributed by atoms with E-state index in [1.807, 2.05) is 24.3 Å². The van der Waals surface area contributed by atoms with Gasteiger partial charge in [0.2, 0.25) is 0 Å². The highest BCUT2D eigenvalue weighted by Crippen LogP contribution is 2.65. The van der Waals surface area contributed by atoms with E-state index in [9.17, 15) is 4.79 Å². The van der Waals surface area contributed by atoms with Gasteiger partial charge in [0, 0.05) is 11.1 Å². The monoisotopic (exact) mass is 255 g/mol. The molecule has 2 heteroatoms. The average Bonchev–Trinajstić information content (AvgIpc) is 2.66. The Labute approximate surface area is 114 Å². The van der Waals surface area contributed by atoms with Gasteiger partial charge in [-0.25, -0.2) is 0 Å². The largest absolute Gasteiger partial charge is 0.399 e. The molecule has 2 aliphatic rings. The van der Waals surface area contributed by atoms with Crippen LogP contribution in [0.4, 0.5) is 5.69 Å². The predicted molar refractivity (Wildman–Crippen MR) is 78.5 cm³/mol. The number of anilines is 1. The van der Waals surface area contributed by atoms with E-state index in [1.165, 1.54) is 0 Å². The van der Waals surface area contributed by atoms with E-state index in [4.69, 9.17) is 5.73 Å². The summed E-state index contributed by atoms with van der Waals surface area (Å²) >= 11 is 0. The summed E-state index contributed by atoms with van der Waals surface area (Å²) in [6, 6.07) is 7.74. The highest BCUT2D eigenvalue weighted by Gasteiger charge is 2.63. The molecule has 2 fully saturated rings. The number of nitrogen functional groups attached to an aromatic ring is 1. The molecule has 2 atom stereocenters. The van der Waals surface area contributed by atoms with Gasteiger partial charge in [-0.1, -0.05) is 32.9 Å². The second-order valence-corrected chi connectivity index (χ2v) is 6.74. The van der Waals surface area contributed by atoms with Crippen LogP contribution in [0.5, 0.6) is 0 Å². The van der Waals surface area contributed by atoms with E-state index in [2.05, 4.69) is 26.8 Å². The Hall–Kier alpha value is -1.57. The molecule has 0 spiro atoms. The molecule has 0 aliphatic heterocycles. The van der Waals surface area contributed by atoms with Gasteiger partial charge in [0.05, 0.1) is 0 Å². The summed E-state index contributed by atoms with van der Waals surface area (Å²) in [5.41, 5.74) is 8.47. The number of hydrogen-bond acceptors (Lipinski definition) is 2. The maximum atomic E-state index is 12.7. The first kappa shape index (κ1) is 12.5. The Morgan fingerprint density at radius 1 is 1.21 bits per heavy atom. The van der Waals surface area contributed by atoms with Crippen LogP contribution in [0.25, 0.3) is 6.08 Å². The third kappa shape index (κ3) is 1.52. The zero-order valence-electron chi connectivity index (χ0n) is 11.9. The fourth-order valence-electron chi connectivity index (χ4n) is 3.87. The van der Waals surface area contributed by atoms with E-state index in [-0.39, 0.29) is 10.8 Å². The summed E-state index contributed by atoms with van der Waals surface area (Å²) < 4.78 is 0. The number of carbonyl (C=O) groups is 1. The SMILES string of the molecule is CC12CCC(C(=Cc3ccc(N)cc3)C1=O)C2(C)C. The second kappa shape index (κ2) is 3.72. The number of fused-ring (bicyclic) bond motifs is 2. The molecule has 2 aliphatic carbocycles. The molecule has 1 aromatic rings. The lowest BCUT2D eigenvalue weighted by molar-refractivity contribution is -0.125. The normalized spacial score (nSPS) is 34.2. The first-order valence-corrected chi connectivity index (χ1v) is 6.98. The Balaban J connectivity index is 2.04. The van der Waals surface area contributed by atoms with Crippen molar-refractivity contribution in [3.05, 3.63) is 35.4 Å². The Morgan fingerprint density at radius 2 is 1.84 bits per heavy atom. The fourth-order valence-corrected chi connectivity index (χ4v) is 3.87. The third-order valence-electron chi connectivity index (χ3n) is 5.62. The lowest BCUT2D eigenvalue weighted by Gasteiger charge is -2.31. The van der Waals surface area contributed by atoms with Crippen molar-refractivity contribution in [2.75, 3.05) is 5.73 Å². The molecule has 2 N–H and O–H groups in total. The zero-order valence-corrected chi connectivity index (χ0v) is 11.9. The summed E-state index contributed by atoms with van der Waals surface area (Å²) in [5.74, 6) is 0.758. The molecule has 0 heterocycles. The van der Waals surface area contributed by atoms with Crippen molar-refractivity contribution in [1.82, 2.24) is 0 Å². The molecule has 19 heavy (non-hydrogen) atoms. The fraction of sp³-hybridized carbons (Fsp3) is 0.471. The van der Waals surface area contributed by atoms with E-state index in [0.29, 0.717) is 11.7 Å². The van der Waals surface area contributed by atoms with Crippen LogP contribution in [0, 0.1) is 16.7 Å². The highest BCUT2D eigenvalue weighted by atomic mass is 16.1.